The quantitative estimate of drug-likeness (QED) is 0.636. The molecular formula is C9H11N3. The summed E-state index contributed by atoms with van der Waals surface area (Å²) >= 11 is 0. The van der Waals surface area contributed by atoms with Gasteiger partial charge in [-0.25, -0.2) is 0 Å². The van der Waals surface area contributed by atoms with Crippen LogP contribution in [0.4, 0.5) is 0 Å². The van der Waals surface area contributed by atoms with Crippen LogP contribution < -0.4 is 0 Å². The molecule has 0 amide bonds. The first kappa shape index (κ1) is 7.28. The molecule has 0 spiro atoms. The SMILES string of the molecule is CCc1cc(C)cn2cnnc12. The van der Waals surface area contributed by atoms with E-state index in [1.807, 2.05) is 10.6 Å². The second kappa shape index (κ2) is 2.59. The van der Waals surface area contributed by atoms with E-state index in [1.165, 1.54) is 11.1 Å². The molecule has 2 rings (SSSR count). The zero-order valence-corrected chi connectivity index (χ0v) is 7.28. The van der Waals surface area contributed by atoms with Crippen LogP contribution >= 0.6 is 0 Å². The van der Waals surface area contributed by atoms with E-state index >= 15 is 0 Å². The third-order valence-electron chi connectivity index (χ3n) is 1.99. The Kier molecular flexibility index (Phi) is 1.57. The molecule has 0 aliphatic rings. The molecule has 12 heavy (non-hydrogen) atoms. The number of pyridine rings is 1. The first-order valence-corrected chi connectivity index (χ1v) is 4.10. The van der Waals surface area contributed by atoms with Gasteiger partial charge in [-0.3, -0.25) is 4.40 Å². The fourth-order valence-electron chi connectivity index (χ4n) is 1.42. The van der Waals surface area contributed by atoms with Crippen molar-refractivity contribution in [2.75, 3.05) is 0 Å². The Morgan fingerprint density at radius 3 is 3.08 bits per heavy atom. The molecule has 0 saturated carbocycles. The Balaban J connectivity index is 2.80. The van der Waals surface area contributed by atoms with Crippen molar-refractivity contribution in [2.45, 2.75) is 20.3 Å². The van der Waals surface area contributed by atoms with Gasteiger partial charge < -0.3 is 0 Å². The molecule has 3 heteroatoms. The largest absolute Gasteiger partial charge is 0.289 e. The fourth-order valence-corrected chi connectivity index (χ4v) is 1.42. The van der Waals surface area contributed by atoms with Crippen molar-refractivity contribution in [3.63, 3.8) is 0 Å². The molecule has 2 aromatic heterocycles. The molecule has 0 unspecified atom stereocenters. The predicted molar refractivity (Wildman–Crippen MR) is 47.1 cm³/mol. The highest BCUT2D eigenvalue weighted by molar-refractivity contribution is 5.47. The van der Waals surface area contributed by atoms with E-state index in [4.69, 9.17) is 0 Å². The van der Waals surface area contributed by atoms with Gasteiger partial charge in [-0.15, -0.1) is 10.2 Å². The Labute approximate surface area is 71.1 Å². The maximum atomic E-state index is 4.04. The first-order valence-electron chi connectivity index (χ1n) is 4.10. The van der Waals surface area contributed by atoms with Crippen LogP contribution in [0.2, 0.25) is 0 Å². The molecule has 0 radical (unpaired) electrons. The molecule has 0 aliphatic heterocycles. The van der Waals surface area contributed by atoms with E-state index in [1.54, 1.807) is 6.33 Å². The number of rotatable bonds is 1. The average Bonchev–Trinajstić information content (AvgIpc) is 2.50. The van der Waals surface area contributed by atoms with Crippen LogP contribution in [-0.4, -0.2) is 14.6 Å². The van der Waals surface area contributed by atoms with Crippen molar-refractivity contribution in [3.05, 3.63) is 29.7 Å². The summed E-state index contributed by atoms with van der Waals surface area (Å²) in [5, 5.41) is 7.91. The van der Waals surface area contributed by atoms with Crippen LogP contribution in [0.1, 0.15) is 18.1 Å². The zero-order valence-electron chi connectivity index (χ0n) is 7.28. The van der Waals surface area contributed by atoms with Crippen molar-refractivity contribution in [1.82, 2.24) is 14.6 Å². The highest BCUT2D eigenvalue weighted by atomic mass is 15.2. The molecule has 0 aromatic carbocycles. The fraction of sp³-hybridized carbons (Fsp3) is 0.333. The normalized spacial score (nSPS) is 10.8. The first-order chi connectivity index (χ1) is 5.81. The summed E-state index contributed by atoms with van der Waals surface area (Å²) in [6.45, 7) is 4.21. The topological polar surface area (TPSA) is 30.2 Å². The summed E-state index contributed by atoms with van der Waals surface area (Å²) in [6.07, 6.45) is 4.78. The lowest BCUT2D eigenvalue weighted by molar-refractivity contribution is 1.07. The number of nitrogens with zero attached hydrogens (tertiary/aromatic N) is 3. The molecule has 2 heterocycles. The van der Waals surface area contributed by atoms with E-state index in [0.717, 1.165) is 12.1 Å². The van der Waals surface area contributed by atoms with E-state index < -0.39 is 0 Å². The van der Waals surface area contributed by atoms with Crippen LogP contribution in [0.3, 0.4) is 0 Å². The minimum Gasteiger partial charge on any atom is -0.289 e. The monoisotopic (exact) mass is 161 g/mol. The highest BCUT2D eigenvalue weighted by Crippen LogP contribution is 2.10. The Morgan fingerprint density at radius 1 is 1.50 bits per heavy atom. The van der Waals surface area contributed by atoms with Crippen molar-refractivity contribution in [2.24, 2.45) is 0 Å². The van der Waals surface area contributed by atoms with Crippen LogP contribution in [0.15, 0.2) is 18.6 Å². The number of fused-ring (bicyclic) bond motifs is 1. The van der Waals surface area contributed by atoms with Gasteiger partial charge in [-0.05, 0) is 24.5 Å². The highest BCUT2D eigenvalue weighted by Gasteiger charge is 2.01. The van der Waals surface area contributed by atoms with Gasteiger partial charge in [-0.2, -0.15) is 0 Å². The summed E-state index contributed by atoms with van der Waals surface area (Å²) in [6, 6.07) is 2.16. The second-order valence-electron chi connectivity index (χ2n) is 2.96. The lowest BCUT2D eigenvalue weighted by atomic mass is 10.2. The molecule has 0 atom stereocenters. The van der Waals surface area contributed by atoms with Crippen molar-refractivity contribution >= 4 is 5.65 Å². The third kappa shape index (κ3) is 0.978. The Hall–Kier alpha value is -1.38. The van der Waals surface area contributed by atoms with Gasteiger partial charge in [0, 0.05) is 6.20 Å². The molecule has 62 valence electrons. The summed E-state index contributed by atoms with van der Waals surface area (Å²) in [4.78, 5) is 0. The van der Waals surface area contributed by atoms with Crippen LogP contribution in [-0.2, 0) is 6.42 Å². The lowest BCUT2D eigenvalue weighted by Crippen LogP contribution is -1.91. The Bertz CT molecular complexity index is 403. The van der Waals surface area contributed by atoms with Gasteiger partial charge in [0.1, 0.15) is 6.33 Å². The third-order valence-corrected chi connectivity index (χ3v) is 1.99. The molecule has 3 nitrogen and oxygen atoms in total. The lowest BCUT2D eigenvalue weighted by Gasteiger charge is -2.00. The maximum Gasteiger partial charge on any atom is 0.163 e. The van der Waals surface area contributed by atoms with Gasteiger partial charge >= 0.3 is 0 Å². The number of hydrogen-bond donors (Lipinski definition) is 0. The van der Waals surface area contributed by atoms with Crippen molar-refractivity contribution in [3.8, 4) is 0 Å². The van der Waals surface area contributed by atoms with Gasteiger partial charge in [0.2, 0.25) is 0 Å². The van der Waals surface area contributed by atoms with Crippen LogP contribution in [0.25, 0.3) is 5.65 Å². The zero-order chi connectivity index (χ0) is 8.55. The van der Waals surface area contributed by atoms with E-state index in [9.17, 15) is 0 Å². The summed E-state index contributed by atoms with van der Waals surface area (Å²) in [5.74, 6) is 0. The molecule has 2 aromatic rings. The van der Waals surface area contributed by atoms with Gasteiger partial charge in [0.25, 0.3) is 0 Å². The van der Waals surface area contributed by atoms with Crippen molar-refractivity contribution < 1.29 is 0 Å². The number of hydrogen-bond acceptors (Lipinski definition) is 2. The minimum atomic E-state index is 0.975. The van der Waals surface area contributed by atoms with Crippen LogP contribution in [0, 0.1) is 6.92 Å². The molecule has 0 bridgehead atoms. The number of aryl methyl sites for hydroxylation is 2. The maximum absolute atomic E-state index is 4.04. The predicted octanol–water partition coefficient (Wildman–Crippen LogP) is 1.60. The summed E-state index contributed by atoms with van der Waals surface area (Å²) in [5.41, 5.74) is 3.48. The van der Waals surface area contributed by atoms with E-state index in [2.05, 4.69) is 30.1 Å². The second-order valence-corrected chi connectivity index (χ2v) is 2.96. The van der Waals surface area contributed by atoms with Gasteiger partial charge in [0.05, 0.1) is 0 Å². The molecule has 0 N–H and O–H groups in total. The standard InChI is InChI=1S/C9H11N3/c1-3-8-4-7(2)5-12-6-10-11-9(8)12/h4-6H,3H2,1-2H3. The van der Waals surface area contributed by atoms with Gasteiger partial charge in [-0.1, -0.05) is 13.0 Å². The van der Waals surface area contributed by atoms with Crippen molar-refractivity contribution in [1.29, 1.82) is 0 Å². The van der Waals surface area contributed by atoms with Gasteiger partial charge in [0.15, 0.2) is 5.65 Å². The average molecular weight is 161 g/mol. The smallest absolute Gasteiger partial charge is 0.163 e. The molecule has 0 fully saturated rings. The molecule has 0 aliphatic carbocycles. The molecular weight excluding hydrogens is 150 g/mol. The molecule has 0 saturated heterocycles. The van der Waals surface area contributed by atoms with E-state index in [0.29, 0.717) is 0 Å². The van der Waals surface area contributed by atoms with Crippen LogP contribution in [0.5, 0.6) is 0 Å². The minimum absolute atomic E-state index is 0.975. The van der Waals surface area contributed by atoms with E-state index in [-0.39, 0.29) is 0 Å². The summed E-state index contributed by atoms with van der Waals surface area (Å²) in [7, 11) is 0. The Morgan fingerprint density at radius 2 is 2.33 bits per heavy atom. The number of aromatic nitrogens is 3. The summed E-state index contributed by atoms with van der Waals surface area (Å²) < 4.78 is 1.97.